The minimum atomic E-state index is -1.86. The summed E-state index contributed by atoms with van der Waals surface area (Å²) in [5.74, 6) is 15.7. The van der Waals surface area contributed by atoms with E-state index in [2.05, 4.69) is 330 Å². The van der Waals surface area contributed by atoms with Crippen LogP contribution in [0.15, 0.2) is 146 Å². The third-order valence-electron chi connectivity index (χ3n) is 22.0. The molecule has 0 amide bonds. The summed E-state index contributed by atoms with van der Waals surface area (Å²) in [6, 6.07) is 58.9. The van der Waals surface area contributed by atoms with Crippen molar-refractivity contribution in [2.75, 3.05) is 0 Å². The van der Waals surface area contributed by atoms with Crippen molar-refractivity contribution in [1.82, 2.24) is 0 Å². The van der Waals surface area contributed by atoms with Gasteiger partial charge in [0.05, 0.1) is 0 Å². The lowest BCUT2D eigenvalue weighted by Gasteiger charge is -2.33. The van der Waals surface area contributed by atoms with Gasteiger partial charge in [-0.15, -0.1) is 22.2 Å². The van der Waals surface area contributed by atoms with Crippen LogP contribution in [0.4, 0.5) is 0 Å². The van der Waals surface area contributed by atoms with Gasteiger partial charge in [-0.05, 0) is 203 Å². The van der Waals surface area contributed by atoms with E-state index in [1.807, 2.05) is 0 Å². The van der Waals surface area contributed by atoms with Gasteiger partial charge in [0.25, 0.3) is 0 Å². The molecule has 0 unspecified atom stereocenters. The third-order valence-corrected chi connectivity index (χ3v) is 45.5. The van der Waals surface area contributed by atoms with Crippen molar-refractivity contribution in [2.24, 2.45) is 0 Å². The lowest BCUT2D eigenvalue weighted by atomic mass is 9.89. The summed E-state index contributed by atoms with van der Waals surface area (Å²) < 4.78 is 0. The first-order valence-corrected chi connectivity index (χ1v) is 43.2. The van der Waals surface area contributed by atoms with E-state index in [0.717, 1.165) is 0 Å². The summed E-state index contributed by atoms with van der Waals surface area (Å²) in [6.45, 7) is 47.8. The maximum atomic E-state index is 4.05. The quantitative estimate of drug-likeness (QED) is 0.0650. The van der Waals surface area contributed by atoms with Gasteiger partial charge in [0.2, 0.25) is 0 Å². The fourth-order valence-corrected chi connectivity index (χ4v) is 32.2. The average Bonchev–Trinajstić information content (AvgIpc) is 1.01. The average molecular weight is 1220 g/mol. The Morgan fingerprint density at radius 2 is 0.352 bits per heavy atom. The molecule has 0 N–H and O–H groups in total. The van der Waals surface area contributed by atoms with Crippen molar-refractivity contribution < 1.29 is 0 Å². The van der Waals surface area contributed by atoms with Crippen molar-refractivity contribution in [3.63, 3.8) is 0 Å². The lowest BCUT2D eigenvalue weighted by molar-refractivity contribution is 0.900. The number of hydrogen-bond donors (Lipinski definition) is 0. The van der Waals surface area contributed by atoms with Crippen LogP contribution < -0.4 is 0 Å². The minimum Gasteiger partial charge on any atom is -0.125 e. The summed E-state index contributed by atoms with van der Waals surface area (Å²) in [4.78, 5) is 0. The minimum absolute atomic E-state index is 0.600. The van der Waals surface area contributed by atoms with Gasteiger partial charge in [-0.3, -0.25) is 0 Å². The van der Waals surface area contributed by atoms with E-state index in [4.69, 9.17) is 0 Å². The smallest absolute Gasteiger partial charge is 0.125 e. The van der Waals surface area contributed by atoms with Gasteiger partial charge in [0, 0.05) is 22.3 Å². The molecule has 0 nitrogen and oxygen atoms in total. The second-order valence-corrected chi connectivity index (χ2v) is 49.7. The number of fused-ring (bicyclic) bond motifs is 8. The van der Waals surface area contributed by atoms with Gasteiger partial charge in [-0.1, -0.05) is 259 Å². The van der Waals surface area contributed by atoms with E-state index in [-0.39, 0.29) is 0 Å². The molecule has 88 heavy (non-hydrogen) atoms. The summed E-state index contributed by atoms with van der Waals surface area (Å²) in [5.41, 5.74) is 25.7. The molecule has 0 atom stereocenters. The molecule has 0 spiro atoms. The summed E-state index contributed by atoms with van der Waals surface area (Å²) in [6.07, 6.45) is 0. The van der Waals surface area contributed by atoms with E-state index in [0.29, 0.717) is 44.3 Å². The maximum absolute atomic E-state index is 4.05. The van der Waals surface area contributed by atoms with Gasteiger partial charge < -0.3 is 0 Å². The molecular weight excluding hydrogens is 1120 g/mol. The molecule has 452 valence electrons. The molecule has 0 radical (unpaired) electrons. The molecule has 0 aliphatic heterocycles. The van der Waals surface area contributed by atoms with E-state index in [1.54, 1.807) is 0 Å². The molecule has 10 rings (SSSR count). The number of benzene rings is 10. The Morgan fingerprint density at radius 3 is 0.455 bits per heavy atom. The first-order valence-electron chi connectivity index (χ1n) is 33.7. The first-order chi connectivity index (χ1) is 42.0. The zero-order valence-corrected chi connectivity index (χ0v) is 61.3. The highest BCUT2D eigenvalue weighted by Crippen LogP contribution is 2.44. The molecule has 4 heteroatoms. The van der Waals surface area contributed by atoms with Gasteiger partial charge in [-0.2, -0.15) is 0 Å². The third kappa shape index (κ3) is 12.0. The van der Waals surface area contributed by atoms with Crippen LogP contribution in [0.25, 0.3) is 86.2 Å². The van der Waals surface area contributed by atoms with Crippen molar-refractivity contribution >= 4 is 118 Å². The maximum Gasteiger partial charge on any atom is 0.143 e. The summed E-state index contributed by atoms with van der Waals surface area (Å²) in [5, 5.41) is 20.0. The van der Waals surface area contributed by atoms with E-state index < -0.39 is 32.3 Å². The Morgan fingerprint density at radius 1 is 0.227 bits per heavy atom. The highest BCUT2D eigenvalue weighted by molar-refractivity contribution is 6.91. The lowest BCUT2D eigenvalue weighted by Crippen LogP contribution is -2.39. The topological polar surface area (TPSA) is 0 Å². The van der Waals surface area contributed by atoms with Crippen LogP contribution in [-0.4, -0.2) is 32.3 Å². The second-order valence-electron chi connectivity index (χ2n) is 28.3. The SMILES string of the molecule is CC[Si](C#Cc1c2cc3ccccc3cc2c(C#C[Si](CC)(C(C)C)C(C)C)c2cc3ccccc3cc12)(C(C)C)C(C)C.CC[Si](C#Cc1c2cc3ccccc3cc2c(C#C[Si](CC)(C(C)C)C(C)C)c2cc3ccccc3cc12)(C(C)C)C(C)C. The summed E-state index contributed by atoms with van der Waals surface area (Å²) in [7, 11) is -7.43. The molecule has 0 aliphatic rings. The monoisotopic (exact) mass is 1220 g/mol. The molecular formula is C84H100Si4. The second kappa shape index (κ2) is 26.8. The normalized spacial score (nSPS) is 12.5. The molecule has 10 aromatic carbocycles. The van der Waals surface area contributed by atoms with E-state index >= 15 is 0 Å². The first kappa shape index (κ1) is 65.8. The Bertz CT molecular complexity index is 3710. The predicted molar refractivity (Wildman–Crippen MR) is 406 cm³/mol. The van der Waals surface area contributed by atoms with Crippen LogP contribution >= 0.6 is 0 Å². The molecule has 0 aliphatic carbocycles. The van der Waals surface area contributed by atoms with Crippen LogP contribution in [0.1, 0.15) is 161 Å². The van der Waals surface area contributed by atoms with Gasteiger partial charge in [-0.25, -0.2) is 0 Å². The highest BCUT2D eigenvalue weighted by Gasteiger charge is 2.40. The fourth-order valence-electron chi connectivity index (χ4n) is 15.9. The fraction of sp³-hybridized carbons (Fsp3) is 0.381. The van der Waals surface area contributed by atoms with Gasteiger partial charge >= 0.3 is 0 Å². The van der Waals surface area contributed by atoms with Crippen LogP contribution in [-0.2, 0) is 0 Å². The molecule has 0 saturated carbocycles. The van der Waals surface area contributed by atoms with E-state index in [9.17, 15) is 0 Å². The highest BCUT2D eigenvalue weighted by atomic mass is 28.3. The molecule has 0 saturated heterocycles. The van der Waals surface area contributed by atoms with Crippen LogP contribution in [0.3, 0.4) is 0 Å². The van der Waals surface area contributed by atoms with Crippen LogP contribution in [0.2, 0.25) is 68.5 Å². The van der Waals surface area contributed by atoms with Crippen molar-refractivity contribution in [3.8, 4) is 45.9 Å². The van der Waals surface area contributed by atoms with Crippen molar-refractivity contribution in [1.29, 1.82) is 0 Å². The van der Waals surface area contributed by atoms with Crippen molar-refractivity contribution in [2.45, 2.75) is 207 Å². The zero-order chi connectivity index (χ0) is 63.6. The summed E-state index contributed by atoms with van der Waals surface area (Å²) >= 11 is 0. The largest absolute Gasteiger partial charge is 0.143 e. The number of rotatable bonds is 12. The van der Waals surface area contributed by atoms with Crippen LogP contribution in [0, 0.1) is 45.9 Å². The van der Waals surface area contributed by atoms with Crippen LogP contribution in [0.5, 0.6) is 0 Å². The molecule has 0 fully saturated rings. The van der Waals surface area contributed by atoms with Gasteiger partial charge in [0.15, 0.2) is 0 Å². The zero-order valence-electron chi connectivity index (χ0n) is 57.3. The molecule has 0 heterocycles. The Balaban J connectivity index is 0.000000209. The Labute approximate surface area is 535 Å². The Kier molecular flexibility index (Phi) is 20.1. The standard InChI is InChI=1S/2C42H50Si2/c2*1-11-43(29(3)4,30(5)6)23-21-37-39-25-33-17-13-15-19-35(33)27-41(39)38(22-24-44(12-2,31(7)8)32(9)10)42-28-36-20-16-14-18-34(36)26-40(37)42/h2*13-20,25-32H,11-12H2,1-10H3. The molecule has 0 bridgehead atoms. The number of hydrogen-bond acceptors (Lipinski definition) is 0. The van der Waals surface area contributed by atoms with Crippen molar-refractivity contribution in [3.05, 3.63) is 168 Å². The Hall–Kier alpha value is -6.61. The molecule has 0 aromatic heterocycles. The van der Waals surface area contributed by atoms with Gasteiger partial charge in [0.1, 0.15) is 32.3 Å². The van der Waals surface area contributed by atoms with E-state index in [1.165, 1.54) is 133 Å². The predicted octanol–water partition coefficient (Wildman–Crippen LogP) is 25.3. The molecule has 10 aromatic rings.